The molecule has 0 spiro atoms. The molecule has 0 aliphatic carbocycles. The quantitative estimate of drug-likeness (QED) is 0.317. The first-order chi connectivity index (χ1) is 2.91. The Labute approximate surface area is 32.4 Å². The van der Waals surface area contributed by atoms with Crippen LogP contribution in [0.25, 0.3) is 0 Å². The van der Waals surface area contributed by atoms with Crippen molar-refractivity contribution < 1.29 is 6.17 Å². The van der Waals surface area contributed by atoms with Gasteiger partial charge in [-0.15, -0.1) is 6.40 Å². The Morgan fingerprint density at radius 2 is 3.20 bits per heavy atom. The van der Waals surface area contributed by atoms with Crippen molar-refractivity contribution >= 4 is 6.29 Å². The van der Waals surface area contributed by atoms with Crippen molar-refractivity contribution in [2.45, 2.75) is 6.42 Å². The van der Waals surface area contributed by atoms with Crippen LogP contribution in [0.3, 0.4) is 0 Å². The smallest absolute Gasteiger partial charge is 0.131 e. The van der Waals surface area contributed by atoms with Crippen molar-refractivity contribution in [1.82, 2.24) is 0 Å². The minimum absolute atomic E-state index is 0.184. The van der Waals surface area contributed by atoms with Crippen LogP contribution in [0, 0.1) is 12.3 Å². The molecule has 0 aliphatic rings. The van der Waals surface area contributed by atoms with Gasteiger partial charge in [0, 0.05) is 0 Å². The molecule has 26 valence electrons. The van der Waals surface area contributed by atoms with Crippen LogP contribution >= 0.6 is 0 Å². The molecule has 1 heteroatoms. The lowest BCUT2D eigenvalue weighted by Crippen LogP contribution is -1.60. The minimum Gasteiger partial charge on any atom is -0.302 e. The minimum atomic E-state index is 0.184. The number of terminal acetylenes is 1. The first kappa shape index (κ1) is 2.47. The number of carbonyl (C=O) groups excluding carboxylic acids is 1. The van der Waals surface area contributed by atoms with Gasteiger partial charge in [-0.25, -0.2) is 0 Å². The van der Waals surface area contributed by atoms with Crippen LogP contribution in [-0.2, 0) is 4.79 Å². The van der Waals surface area contributed by atoms with Gasteiger partial charge < -0.3 is 4.79 Å². The third-order valence-corrected chi connectivity index (χ3v) is 0.185. The summed E-state index contributed by atoms with van der Waals surface area (Å²) in [6.45, 7) is 0. The van der Waals surface area contributed by atoms with E-state index in [1.165, 1.54) is 0 Å². The zero-order valence-electron chi connectivity index (χ0n) is 3.69. The molecule has 0 amide bonds. The lowest BCUT2D eigenvalue weighted by Gasteiger charge is -1.54. The molecule has 0 aliphatic heterocycles. The van der Waals surface area contributed by atoms with E-state index in [2.05, 4.69) is 5.92 Å². The predicted molar refractivity (Wildman–Crippen MR) is 19.5 cm³/mol. The second-order valence-corrected chi connectivity index (χ2v) is 0.548. The molecule has 0 unspecified atom stereocenters. The molecule has 0 N–H and O–H groups in total. The van der Waals surface area contributed by atoms with Crippen molar-refractivity contribution in [1.29, 1.82) is 0 Å². The fourth-order valence-corrected chi connectivity index (χ4v) is 0.0417. The SMILES string of the molecule is [2H]C#CCC=O. The summed E-state index contributed by atoms with van der Waals surface area (Å²) < 4.78 is 6.19. The number of aldehydes is 1. The van der Waals surface area contributed by atoms with Gasteiger partial charge in [0.05, 0.1) is 6.42 Å². The molecular weight excluding hydrogens is 64.0 g/mol. The van der Waals surface area contributed by atoms with E-state index in [4.69, 9.17) is 1.37 Å². The normalized spacial score (nSPS) is 6.80. The maximum absolute atomic E-state index is 9.38. The van der Waals surface area contributed by atoms with E-state index in [9.17, 15) is 4.79 Å². The Morgan fingerprint density at radius 1 is 2.40 bits per heavy atom. The summed E-state index contributed by atoms with van der Waals surface area (Å²) in [5.41, 5.74) is 0. The van der Waals surface area contributed by atoms with E-state index in [-0.39, 0.29) is 6.42 Å². The summed E-state index contributed by atoms with van der Waals surface area (Å²) in [5, 5.41) is 0. The molecule has 0 aromatic rings. The molecule has 0 aromatic carbocycles. The van der Waals surface area contributed by atoms with E-state index < -0.39 is 0 Å². The van der Waals surface area contributed by atoms with Gasteiger partial charge in [0.2, 0.25) is 0 Å². The molecule has 5 heavy (non-hydrogen) atoms. The molecule has 0 rings (SSSR count). The van der Waals surface area contributed by atoms with Gasteiger partial charge in [-0.2, -0.15) is 0 Å². The number of hydrogen-bond acceptors (Lipinski definition) is 1. The Hall–Kier alpha value is -0.770. The van der Waals surface area contributed by atoms with Crippen LogP contribution in [0.1, 0.15) is 7.79 Å². The molecular formula is C4H4O. The van der Waals surface area contributed by atoms with Crippen molar-refractivity contribution in [2.24, 2.45) is 0 Å². The molecule has 0 fully saturated rings. The van der Waals surface area contributed by atoms with Crippen LogP contribution in [0.2, 0.25) is 0 Å². The Kier molecular flexibility index (Phi) is 1.59. The molecule has 0 radical (unpaired) electrons. The van der Waals surface area contributed by atoms with Gasteiger partial charge >= 0.3 is 0 Å². The largest absolute Gasteiger partial charge is 0.302 e. The fourth-order valence-electron chi connectivity index (χ4n) is 0.0417. The zero-order chi connectivity index (χ0) is 4.83. The van der Waals surface area contributed by atoms with E-state index >= 15 is 0 Å². The molecule has 0 atom stereocenters. The topological polar surface area (TPSA) is 17.1 Å². The number of hydrogen-bond donors (Lipinski definition) is 0. The lowest BCUT2D eigenvalue weighted by molar-refractivity contribution is -0.107. The van der Waals surface area contributed by atoms with E-state index in [1.54, 1.807) is 0 Å². The highest BCUT2D eigenvalue weighted by Crippen LogP contribution is 1.55. The highest BCUT2D eigenvalue weighted by atomic mass is 16.1. The zero-order valence-corrected chi connectivity index (χ0v) is 2.69. The van der Waals surface area contributed by atoms with E-state index in [1.807, 2.05) is 6.40 Å². The molecule has 0 bridgehead atoms. The molecule has 0 heterocycles. The summed E-state index contributed by atoms with van der Waals surface area (Å²) >= 11 is 0. The van der Waals surface area contributed by atoms with Gasteiger partial charge in [0.25, 0.3) is 0 Å². The van der Waals surface area contributed by atoms with Gasteiger partial charge in [0.15, 0.2) is 0 Å². The van der Waals surface area contributed by atoms with Gasteiger partial charge in [0.1, 0.15) is 7.66 Å². The predicted octanol–water partition coefficient (Wildman–Crippen LogP) is 0.209. The second kappa shape index (κ2) is 3.23. The van der Waals surface area contributed by atoms with Gasteiger partial charge in [-0.1, -0.05) is 5.92 Å². The third kappa shape index (κ3) is 3.23. The lowest BCUT2D eigenvalue weighted by atomic mass is 10.5. The fraction of sp³-hybridized carbons (Fsp3) is 0.250. The second-order valence-electron chi connectivity index (χ2n) is 0.548. The molecule has 0 saturated carbocycles. The van der Waals surface area contributed by atoms with Crippen molar-refractivity contribution in [3.8, 4) is 12.3 Å². The standard InChI is InChI=1S/C4H4O/c1-2-3-4-5/h1,4H,3H2/i1D. The monoisotopic (exact) mass is 69.0 g/mol. The Balaban J connectivity index is 3.00. The van der Waals surface area contributed by atoms with Gasteiger partial charge in [-0.05, 0) is 0 Å². The third-order valence-electron chi connectivity index (χ3n) is 0.185. The first-order valence-corrected chi connectivity index (χ1v) is 1.25. The van der Waals surface area contributed by atoms with Crippen LogP contribution in [0.5, 0.6) is 0 Å². The Morgan fingerprint density at radius 3 is 3.40 bits per heavy atom. The average molecular weight is 69.1 g/mol. The van der Waals surface area contributed by atoms with Crippen LogP contribution in [0.15, 0.2) is 0 Å². The maximum atomic E-state index is 9.38. The average Bonchev–Trinajstić information content (AvgIpc) is 1.61. The van der Waals surface area contributed by atoms with E-state index in [0.29, 0.717) is 6.29 Å². The summed E-state index contributed by atoms with van der Waals surface area (Å²) in [6.07, 6.45) is 2.69. The van der Waals surface area contributed by atoms with Crippen LogP contribution < -0.4 is 0 Å². The van der Waals surface area contributed by atoms with E-state index in [0.717, 1.165) is 0 Å². The number of carbonyl (C=O) groups is 1. The summed E-state index contributed by atoms with van der Waals surface area (Å²) in [6, 6.07) is 0. The Bertz CT molecular complexity index is 87.5. The highest BCUT2D eigenvalue weighted by Gasteiger charge is 1.58. The molecule has 1 nitrogen and oxygen atoms in total. The molecule has 0 saturated heterocycles. The van der Waals surface area contributed by atoms with Crippen molar-refractivity contribution in [3.63, 3.8) is 0 Å². The molecule has 0 aromatic heterocycles. The maximum Gasteiger partial charge on any atom is 0.131 e. The first-order valence-electron chi connectivity index (χ1n) is 1.75. The van der Waals surface area contributed by atoms with Crippen LogP contribution in [0.4, 0.5) is 0 Å². The van der Waals surface area contributed by atoms with Gasteiger partial charge in [-0.3, -0.25) is 0 Å². The van der Waals surface area contributed by atoms with Crippen molar-refractivity contribution in [2.75, 3.05) is 0 Å². The van der Waals surface area contributed by atoms with Crippen LogP contribution in [-0.4, -0.2) is 6.29 Å². The summed E-state index contributed by atoms with van der Waals surface area (Å²) in [7, 11) is 0. The highest BCUT2D eigenvalue weighted by molar-refractivity contribution is 5.53. The summed E-state index contributed by atoms with van der Waals surface area (Å²) in [4.78, 5) is 9.38. The summed E-state index contributed by atoms with van der Waals surface area (Å²) in [5.74, 6) is 2.25. The number of rotatable bonds is 1. The van der Waals surface area contributed by atoms with Crippen molar-refractivity contribution in [3.05, 3.63) is 0 Å².